The molecule has 0 fully saturated rings. The second-order valence-corrected chi connectivity index (χ2v) is 5.73. The van der Waals surface area contributed by atoms with Crippen molar-refractivity contribution in [1.29, 1.82) is 0 Å². The molecule has 3 aromatic rings. The molecule has 1 aliphatic rings. The Labute approximate surface area is 143 Å². The predicted molar refractivity (Wildman–Crippen MR) is 100 cm³/mol. The maximum absolute atomic E-state index is 10.7. The molecular weight excluding hydrogens is 316 g/mol. The zero-order valence-corrected chi connectivity index (χ0v) is 13.5. The SMILES string of the molecule is CN1C(N=Cc2ccc([N+](=O)[O-])cc2)=Nc2cccc3cccc1c23. The number of benzene rings is 3. The molecule has 122 valence electrons. The van der Waals surface area contributed by atoms with E-state index in [0.29, 0.717) is 5.96 Å². The average Bonchev–Trinajstić information content (AvgIpc) is 2.64. The van der Waals surface area contributed by atoms with Crippen LogP contribution in [0.3, 0.4) is 0 Å². The van der Waals surface area contributed by atoms with Crippen LogP contribution in [0.1, 0.15) is 5.56 Å². The first-order chi connectivity index (χ1) is 12.1. The molecule has 1 aliphatic heterocycles. The van der Waals surface area contributed by atoms with Crippen molar-refractivity contribution in [3.63, 3.8) is 0 Å². The van der Waals surface area contributed by atoms with E-state index < -0.39 is 4.92 Å². The standard InChI is InChI=1S/C19H14N4O2/c1-22-17-7-3-5-14-4-2-6-16(18(14)17)21-19(22)20-12-13-8-10-15(11-9-13)23(24)25/h2-12H,1H3. The Morgan fingerprint density at radius 3 is 2.52 bits per heavy atom. The second-order valence-electron chi connectivity index (χ2n) is 5.73. The highest BCUT2D eigenvalue weighted by Crippen LogP contribution is 2.37. The van der Waals surface area contributed by atoms with Crippen molar-refractivity contribution in [1.82, 2.24) is 0 Å². The summed E-state index contributed by atoms with van der Waals surface area (Å²) in [7, 11) is 1.93. The summed E-state index contributed by atoms with van der Waals surface area (Å²) < 4.78 is 0. The number of nitro benzene ring substituents is 1. The quantitative estimate of drug-likeness (QED) is 0.399. The van der Waals surface area contributed by atoms with Gasteiger partial charge >= 0.3 is 0 Å². The van der Waals surface area contributed by atoms with E-state index in [9.17, 15) is 10.1 Å². The molecule has 0 spiro atoms. The number of anilines is 1. The largest absolute Gasteiger partial charge is 0.313 e. The Bertz CT molecular complexity index is 1030. The van der Waals surface area contributed by atoms with Gasteiger partial charge in [-0.2, -0.15) is 0 Å². The second kappa shape index (κ2) is 5.83. The van der Waals surface area contributed by atoms with E-state index in [-0.39, 0.29) is 5.69 Å². The van der Waals surface area contributed by atoms with E-state index in [1.807, 2.05) is 36.2 Å². The fourth-order valence-electron chi connectivity index (χ4n) is 2.89. The first-order valence-electron chi connectivity index (χ1n) is 7.76. The summed E-state index contributed by atoms with van der Waals surface area (Å²) in [6.45, 7) is 0. The number of non-ortho nitro benzene ring substituents is 1. The van der Waals surface area contributed by atoms with Crippen molar-refractivity contribution in [3.8, 4) is 0 Å². The minimum atomic E-state index is -0.419. The minimum absolute atomic E-state index is 0.0601. The summed E-state index contributed by atoms with van der Waals surface area (Å²) in [5.41, 5.74) is 2.78. The van der Waals surface area contributed by atoms with Crippen LogP contribution in [0.5, 0.6) is 0 Å². The zero-order valence-electron chi connectivity index (χ0n) is 13.5. The molecule has 3 aromatic carbocycles. The number of hydrogen-bond acceptors (Lipinski definition) is 5. The number of guanidine groups is 1. The molecule has 6 heteroatoms. The van der Waals surface area contributed by atoms with Crippen molar-refractivity contribution in [3.05, 3.63) is 76.3 Å². The maximum atomic E-state index is 10.7. The zero-order chi connectivity index (χ0) is 17.4. The van der Waals surface area contributed by atoms with E-state index >= 15 is 0 Å². The summed E-state index contributed by atoms with van der Waals surface area (Å²) in [6.07, 6.45) is 1.66. The number of hydrogen-bond donors (Lipinski definition) is 0. The molecule has 1 heterocycles. The fraction of sp³-hybridized carbons (Fsp3) is 0.0526. The Balaban J connectivity index is 1.70. The van der Waals surface area contributed by atoms with Crippen molar-refractivity contribution in [2.75, 3.05) is 11.9 Å². The van der Waals surface area contributed by atoms with Crippen molar-refractivity contribution >= 4 is 40.0 Å². The highest BCUT2D eigenvalue weighted by molar-refractivity contribution is 6.15. The van der Waals surface area contributed by atoms with E-state index in [2.05, 4.69) is 22.1 Å². The maximum Gasteiger partial charge on any atom is 0.269 e. The van der Waals surface area contributed by atoms with Crippen LogP contribution >= 0.6 is 0 Å². The van der Waals surface area contributed by atoms with Crippen LogP contribution in [-0.4, -0.2) is 24.1 Å². The normalized spacial score (nSPS) is 13.3. The van der Waals surface area contributed by atoms with E-state index in [1.165, 1.54) is 12.1 Å². The smallest absolute Gasteiger partial charge is 0.269 e. The summed E-state index contributed by atoms with van der Waals surface area (Å²) in [4.78, 5) is 21.4. The lowest BCUT2D eigenvalue weighted by atomic mass is 10.1. The molecule has 0 amide bonds. The van der Waals surface area contributed by atoms with Crippen LogP contribution in [0.15, 0.2) is 70.6 Å². The minimum Gasteiger partial charge on any atom is -0.313 e. The van der Waals surface area contributed by atoms with Crippen molar-refractivity contribution < 1.29 is 4.92 Å². The molecule has 0 saturated heterocycles. The summed E-state index contributed by atoms with van der Waals surface area (Å²) >= 11 is 0. The molecule has 0 aromatic heterocycles. The van der Waals surface area contributed by atoms with Crippen molar-refractivity contribution in [2.24, 2.45) is 9.98 Å². The number of rotatable bonds is 2. The molecule has 0 unspecified atom stereocenters. The third-order valence-electron chi connectivity index (χ3n) is 4.18. The van der Waals surface area contributed by atoms with Crippen LogP contribution in [0.25, 0.3) is 10.8 Å². The lowest BCUT2D eigenvalue weighted by Crippen LogP contribution is -2.26. The molecule has 0 saturated carbocycles. The van der Waals surface area contributed by atoms with Crippen LogP contribution in [0, 0.1) is 10.1 Å². The average molecular weight is 330 g/mol. The van der Waals surface area contributed by atoms with Gasteiger partial charge in [0.2, 0.25) is 5.96 Å². The summed E-state index contributed by atoms with van der Waals surface area (Å²) in [5, 5.41) is 13.0. The highest BCUT2D eigenvalue weighted by atomic mass is 16.6. The van der Waals surface area contributed by atoms with Gasteiger partial charge in [-0.3, -0.25) is 10.1 Å². The van der Waals surface area contributed by atoms with E-state index in [1.54, 1.807) is 18.3 Å². The lowest BCUT2D eigenvalue weighted by molar-refractivity contribution is -0.384. The molecule has 25 heavy (non-hydrogen) atoms. The molecule has 0 bridgehead atoms. The van der Waals surface area contributed by atoms with Gasteiger partial charge in [0.1, 0.15) is 0 Å². The molecule has 4 rings (SSSR count). The van der Waals surface area contributed by atoms with Crippen molar-refractivity contribution in [2.45, 2.75) is 0 Å². The third-order valence-corrected chi connectivity index (χ3v) is 4.18. The number of nitrogens with zero attached hydrogens (tertiary/aromatic N) is 4. The van der Waals surface area contributed by atoms with Gasteiger partial charge in [-0.15, -0.1) is 0 Å². The molecule has 0 radical (unpaired) electrons. The first kappa shape index (κ1) is 15.0. The Morgan fingerprint density at radius 1 is 1.08 bits per heavy atom. The highest BCUT2D eigenvalue weighted by Gasteiger charge is 2.18. The summed E-state index contributed by atoms with van der Waals surface area (Å²) in [5.74, 6) is 0.574. The predicted octanol–water partition coefficient (Wildman–Crippen LogP) is 4.30. The van der Waals surface area contributed by atoms with E-state index in [4.69, 9.17) is 0 Å². The lowest BCUT2D eigenvalue weighted by Gasteiger charge is -2.25. The first-order valence-corrected chi connectivity index (χ1v) is 7.76. The van der Waals surface area contributed by atoms with Gasteiger partial charge in [-0.05, 0) is 35.2 Å². The van der Waals surface area contributed by atoms with Gasteiger partial charge in [0, 0.05) is 30.8 Å². The fourth-order valence-corrected chi connectivity index (χ4v) is 2.89. The molecule has 6 nitrogen and oxygen atoms in total. The molecular formula is C19H14N4O2. The Kier molecular flexibility index (Phi) is 3.50. The third kappa shape index (κ3) is 2.63. The van der Waals surface area contributed by atoms with Crippen LogP contribution in [-0.2, 0) is 0 Å². The monoisotopic (exact) mass is 330 g/mol. The van der Waals surface area contributed by atoms with Gasteiger partial charge in [0.05, 0.1) is 16.3 Å². The van der Waals surface area contributed by atoms with Gasteiger partial charge in [0.25, 0.3) is 5.69 Å². The molecule has 0 N–H and O–H groups in total. The number of nitro groups is 1. The molecule has 0 atom stereocenters. The number of aliphatic imine (C=N–C) groups is 2. The molecule has 0 aliphatic carbocycles. The van der Waals surface area contributed by atoms with Crippen LogP contribution < -0.4 is 4.90 Å². The van der Waals surface area contributed by atoms with Gasteiger partial charge in [-0.25, -0.2) is 9.98 Å². The Morgan fingerprint density at radius 2 is 1.80 bits per heavy atom. The topological polar surface area (TPSA) is 71.1 Å². The van der Waals surface area contributed by atoms with Gasteiger partial charge in [0.15, 0.2) is 0 Å². The Hall–Kier alpha value is -3.54. The van der Waals surface area contributed by atoms with E-state index in [0.717, 1.165) is 27.7 Å². The summed E-state index contributed by atoms with van der Waals surface area (Å²) in [6, 6.07) is 18.4. The van der Waals surface area contributed by atoms with Crippen LogP contribution in [0.2, 0.25) is 0 Å². The van der Waals surface area contributed by atoms with Crippen LogP contribution in [0.4, 0.5) is 17.1 Å². The van der Waals surface area contributed by atoms with Gasteiger partial charge in [-0.1, -0.05) is 24.3 Å². The van der Waals surface area contributed by atoms with Gasteiger partial charge < -0.3 is 4.90 Å².